The third-order valence-corrected chi connectivity index (χ3v) is 5.13. The molecule has 1 heterocycles. The lowest BCUT2D eigenvalue weighted by atomic mass is 10.1. The van der Waals surface area contributed by atoms with Crippen LogP contribution in [0.5, 0.6) is 5.75 Å². The smallest absolute Gasteiger partial charge is 0.227 e. The zero-order valence-electron chi connectivity index (χ0n) is 11.4. The van der Waals surface area contributed by atoms with Crippen molar-refractivity contribution >= 4 is 51.1 Å². The van der Waals surface area contributed by atoms with E-state index in [0.717, 1.165) is 15.0 Å². The molecule has 1 amide bonds. The maximum atomic E-state index is 12.2. The van der Waals surface area contributed by atoms with Gasteiger partial charge in [-0.1, -0.05) is 11.8 Å². The van der Waals surface area contributed by atoms with Gasteiger partial charge in [0.1, 0.15) is 5.75 Å². The maximum absolute atomic E-state index is 12.2. The van der Waals surface area contributed by atoms with Crippen molar-refractivity contribution in [2.24, 2.45) is 5.92 Å². The van der Waals surface area contributed by atoms with Crippen LogP contribution in [0.25, 0.3) is 0 Å². The van der Waals surface area contributed by atoms with Gasteiger partial charge in [0.2, 0.25) is 5.91 Å². The van der Waals surface area contributed by atoms with Crippen LogP contribution in [0.2, 0.25) is 0 Å². The largest absolute Gasteiger partial charge is 0.497 e. The van der Waals surface area contributed by atoms with Crippen molar-refractivity contribution in [1.82, 2.24) is 0 Å². The second-order valence-corrected chi connectivity index (χ2v) is 7.05. The molecule has 20 heavy (non-hydrogen) atoms. The van der Waals surface area contributed by atoms with Crippen molar-refractivity contribution < 1.29 is 14.3 Å². The van der Waals surface area contributed by atoms with Crippen LogP contribution < -0.4 is 9.64 Å². The number of rotatable bonds is 4. The first-order valence-corrected chi connectivity index (χ1v) is 8.35. The van der Waals surface area contributed by atoms with Gasteiger partial charge in [-0.2, -0.15) is 0 Å². The maximum Gasteiger partial charge on any atom is 0.227 e. The molecule has 0 saturated carbocycles. The van der Waals surface area contributed by atoms with E-state index in [2.05, 4.69) is 22.6 Å². The number of hydrogen-bond acceptors (Lipinski definition) is 4. The van der Waals surface area contributed by atoms with E-state index < -0.39 is 0 Å². The average Bonchev–Trinajstić information content (AvgIpc) is 2.78. The van der Waals surface area contributed by atoms with E-state index >= 15 is 0 Å². The zero-order valence-corrected chi connectivity index (χ0v) is 14.4. The Hall–Kier alpha value is -0.760. The van der Waals surface area contributed by atoms with Gasteiger partial charge in [0.25, 0.3) is 0 Å². The summed E-state index contributed by atoms with van der Waals surface area (Å²) in [6.07, 6.45) is 0.508. The number of nitrogens with zero attached hydrogens (tertiary/aromatic N) is 1. The number of methoxy groups -OCH3 is 1. The number of ether oxygens (including phenoxy) is 1. The number of carbonyl (C=O) groups excluding carboxylic acids is 2. The van der Waals surface area contributed by atoms with Crippen molar-refractivity contribution in [3.05, 3.63) is 21.8 Å². The van der Waals surface area contributed by atoms with Gasteiger partial charge in [-0.25, -0.2) is 0 Å². The number of thioether (sulfide) groups is 1. The third kappa shape index (κ3) is 3.66. The topological polar surface area (TPSA) is 46.6 Å². The fraction of sp³-hybridized carbons (Fsp3) is 0.429. The first kappa shape index (κ1) is 15.6. The van der Waals surface area contributed by atoms with E-state index in [1.165, 1.54) is 11.8 Å². The molecule has 0 aromatic heterocycles. The van der Waals surface area contributed by atoms with Crippen molar-refractivity contribution in [1.29, 1.82) is 0 Å². The molecule has 1 aliphatic rings. The van der Waals surface area contributed by atoms with Gasteiger partial charge in [0.05, 0.1) is 12.8 Å². The minimum atomic E-state index is 0.104. The van der Waals surface area contributed by atoms with Crippen molar-refractivity contribution in [3.8, 4) is 5.75 Å². The highest BCUT2D eigenvalue weighted by molar-refractivity contribution is 14.1. The number of amides is 1. The minimum absolute atomic E-state index is 0.104. The first-order valence-electron chi connectivity index (χ1n) is 6.28. The summed E-state index contributed by atoms with van der Waals surface area (Å²) in [5, 5.41) is 0.104. The van der Waals surface area contributed by atoms with Gasteiger partial charge in [0.15, 0.2) is 5.12 Å². The van der Waals surface area contributed by atoms with Crippen LogP contribution in [0.4, 0.5) is 5.69 Å². The highest BCUT2D eigenvalue weighted by Gasteiger charge is 2.31. The van der Waals surface area contributed by atoms with Gasteiger partial charge in [0, 0.05) is 35.3 Å². The molecule has 1 atom stereocenters. The predicted molar refractivity (Wildman–Crippen MR) is 89.3 cm³/mol. The predicted octanol–water partition coefficient (Wildman–Crippen LogP) is 2.93. The summed E-state index contributed by atoms with van der Waals surface area (Å²) in [6.45, 7) is 2.23. The lowest BCUT2D eigenvalue weighted by Crippen LogP contribution is -2.25. The van der Waals surface area contributed by atoms with E-state index in [0.29, 0.717) is 18.7 Å². The van der Waals surface area contributed by atoms with Crippen LogP contribution in [-0.4, -0.2) is 30.4 Å². The summed E-state index contributed by atoms with van der Waals surface area (Å²) < 4.78 is 6.25. The van der Waals surface area contributed by atoms with E-state index in [1.54, 1.807) is 18.9 Å². The number of anilines is 1. The monoisotopic (exact) mass is 405 g/mol. The highest BCUT2D eigenvalue weighted by atomic mass is 127. The minimum Gasteiger partial charge on any atom is -0.497 e. The fourth-order valence-electron chi connectivity index (χ4n) is 2.19. The second-order valence-electron chi connectivity index (χ2n) is 4.69. The molecule has 0 aliphatic carbocycles. The van der Waals surface area contributed by atoms with Crippen LogP contribution >= 0.6 is 34.4 Å². The Bertz CT molecular complexity index is 535. The normalized spacial score (nSPS) is 18.4. The van der Waals surface area contributed by atoms with Gasteiger partial charge in [-0.15, -0.1) is 0 Å². The molecule has 1 aliphatic heterocycles. The van der Waals surface area contributed by atoms with Crippen LogP contribution in [0.1, 0.15) is 13.3 Å². The molecule has 108 valence electrons. The Morgan fingerprint density at radius 1 is 1.55 bits per heavy atom. The van der Waals surface area contributed by atoms with Gasteiger partial charge in [-0.05, 0) is 40.6 Å². The molecule has 6 heteroatoms. The molecule has 0 spiro atoms. The average molecular weight is 405 g/mol. The summed E-state index contributed by atoms with van der Waals surface area (Å²) in [4.78, 5) is 25.0. The Morgan fingerprint density at radius 2 is 2.30 bits per heavy atom. The molecule has 2 rings (SSSR count). The summed E-state index contributed by atoms with van der Waals surface area (Å²) >= 11 is 3.52. The lowest BCUT2D eigenvalue weighted by molar-refractivity contribution is -0.117. The number of benzene rings is 1. The van der Waals surface area contributed by atoms with Gasteiger partial charge < -0.3 is 9.64 Å². The van der Waals surface area contributed by atoms with E-state index in [-0.39, 0.29) is 16.9 Å². The van der Waals surface area contributed by atoms with E-state index in [9.17, 15) is 9.59 Å². The van der Waals surface area contributed by atoms with Crippen LogP contribution in [0, 0.1) is 9.49 Å². The molecule has 0 radical (unpaired) electrons. The first-order chi connectivity index (χ1) is 9.51. The van der Waals surface area contributed by atoms with Gasteiger partial charge >= 0.3 is 0 Å². The zero-order chi connectivity index (χ0) is 14.7. The Balaban J connectivity index is 2.13. The quantitative estimate of drug-likeness (QED) is 0.723. The van der Waals surface area contributed by atoms with Crippen molar-refractivity contribution in [2.75, 3.05) is 24.3 Å². The molecule has 1 aromatic carbocycles. The Kier molecular flexibility index (Phi) is 5.31. The molecule has 0 N–H and O–H groups in total. The number of hydrogen-bond donors (Lipinski definition) is 0. The summed E-state index contributed by atoms with van der Waals surface area (Å²) in [6, 6.07) is 5.72. The summed E-state index contributed by atoms with van der Waals surface area (Å²) in [5.41, 5.74) is 0.894. The molecule has 1 saturated heterocycles. The lowest BCUT2D eigenvalue weighted by Gasteiger charge is -2.19. The fourth-order valence-corrected chi connectivity index (χ4v) is 3.51. The molecule has 1 fully saturated rings. The van der Waals surface area contributed by atoms with Gasteiger partial charge in [-0.3, -0.25) is 9.59 Å². The van der Waals surface area contributed by atoms with E-state index in [4.69, 9.17) is 4.74 Å². The third-order valence-electron chi connectivity index (χ3n) is 3.17. The van der Waals surface area contributed by atoms with Crippen LogP contribution in [0.15, 0.2) is 18.2 Å². The van der Waals surface area contributed by atoms with Crippen LogP contribution in [0.3, 0.4) is 0 Å². The van der Waals surface area contributed by atoms with Crippen molar-refractivity contribution in [2.45, 2.75) is 13.3 Å². The summed E-state index contributed by atoms with van der Waals surface area (Å²) in [5.74, 6) is 1.80. The Morgan fingerprint density at radius 3 is 2.95 bits per heavy atom. The van der Waals surface area contributed by atoms with Crippen LogP contribution in [-0.2, 0) is 9.59 Å². The number of halogens is 1. The second kappa shape index (κ2) is 6.80. The standard InChI is InChI=1S/C14H16INO3S/c1-9(17)20-8-10-5-14(18)16(7-10)13-6-11(19-2)3-4-12(13)15/h3-4,6,10H,5,7-8H2,1-2H3. The highest BCUT2D eigenvalue weighted by Crippen LogP contribution is 2.33. The Labute approximate surface area is 136 Å². The molecule has 0 bridgehead atoms. The molecule has 1 aromatic rings. The molecular weight excluding hydrogens is 389 g/mol. The SMILES string of the molecule is COc1ccc(I)c(N2CC(CSC(C)=O)CC2=O)c1. The van der Waals surface area contributed by atoms with Crippen molar-refractivity contribution in [3.63, 3.8) is 0 Å². The molecular formula is C14H16INO3S. The molecule has 1 unspecified atom stereocenters. The molecule has 4 nitrogen and oxygen atoms in total. The van der Waals surface area contributed by atoms with E-state index in [1.807, 2.05) is 18.2 Å². The summed E-state index contributed by atoms with van der Waals surface area (Å²) in [7, 11) is 1.62. The number of carbonyl (C=O) groups is 2.